The lowest BCUT2D eigenvalue weighted by Crippen LogP contribution is -2.58. The van der Waals surface area contributed by atoms with Gasteiger partial charge in [-0.3, -0.25) is 14.4 Å². The Kier molecular flexibility index (Phi) is 44.1. The molecule has 1 aliphatic rings. The molecule has 2 atom stereocenters. The van der Waals surface area contributed by atoms with Crippen molar-refractivity contribution in [2.45, 2.75) is 243 Å². The molecule has 1 heterocycles. The monoisotopic (exact) mass is 1010 g/mol. The topological polar surface area (TPSA) is 182 Å². The average molecular weight is 1020 g/mol. The molecule has 72 heavy (non-hydrogen) atoms. The van der Waals surface area contributed by atoms with E-state index in [-0.39, 0.29) is 57.7 Å². The molecule has 0 radical (unpaired) electrons. The van der Waals surface area contributed by atoms with Gasteiger partial charge in [-0.25, -0.2) is 0 Å². The molecule has 1 saturated heterocycles. The van der Waals surface area contributed by atoms with Crippen molar-refractivity contribution in [2.75, 3.05) is 59.8 Å². The van der Waals surface area contributed by atoms with Gasteiger partial charge in [0.1, 0.15) is 12.9 Å². The van der Waals surface area contributed by atoms with Crippen molar-refractivity contribution in [2.24, 2.45) is 11.5 Å². The molecule has 13 nitrogen and oxygen atoms in total. The smallest absolute Gasteiger partial charge is 0.243 e. The number of hydrogen-bond donors (Lipinski definition) is 3. The molecule has 0 saturated carbocycles. The first-order chi connectivity index (χ1) is 35.1. The maximum absolute atomic E-state index is 13.2. The van der Waals surface area contributed by atoms with Gasteiger partial charge in [0.25, 0.3) is 0 Å². The summed E-state index contributed by atoms with van der Waals surface area (Å²) < 4.78 is 30.4. The molecule has 0 aliphatic carbocycles. The van der Waals surface area contributed by atoms with Crippen molar-refractivity contribution in [3.63, 3.8) is 0 Å². The number of aldehydes is 1. The number of carbonyl (C=O) groups is 4. The quantitative estimate of drug-likeness (QED) is 0.0229. The van der Waals surface area contributed by atoms with Crippen LogP contribution in [0, 0.1) is 0 Å². The average Bonchev–Trinajstić information content (AvgIpc) is 3.77. The summed E-state index contributed by atoms with van der Waals surface area (Å²) in [7, 11) is 2.14. The summed E-state index contributed by atoms with van der Waals surface area (Å²) in [4.78, 5) is 49.2. The lowest BCUT2D eigenvalue weighted by Gasteiger charge is -2.34. The highest BCUT2D eigenvalue weighted by atomic mass is 16.7. The number of allylic oxidation sites excluding steroid dienone is 8. The summed E-state index contributed by atoms with van der Waals surface area (Å²) >= 11 is 0. The Morgan fingerprint density at radius 3 is 1.62 bits per heavy atom. The molecule has 2 unspecified atom stereocenters. The van der Waals surface area contributed by atoms with Gasteiger partial charge in [0.15, 0.2) is 11.5 Å². The highest BCUT2D eigenvalue weighted by Gasteiger charge is 2.40. The predicted molar refractivity (Wildman–Crippen MR) is 294 cm³/mol. The van der Waals surface area contributed by atoms with Crippen LogP contribution in [0.4, 0.5) is 0 Å². The Labute approximate surface area is 438 Å². The van der Waals surface area contributed by atoms with E-state index in [1.807, 2.05) is 0 Å². The maximum Gasteiger partial charge on any atom is 0.243 e. The van der Waals surface area contributed by atoms with Crippen LogP contribution in [0.25, 0.3) is 0 Å². The summed E-state index contributed by atoms with van der Waals surface area (Å²) in [5.41, 5.74) is 9.04. The van der Waals surface area contributed by atoms with E-state index in [2.05, 4.69) is 79.7 Å². The number of nitrogens with zero attached hydrogens (tertiary/aromatic N) is 1. The molecule has 416 valence electrons. The Hall–Kier alpha value is -3.20. The molecule has 5 N–H and O–H groups in total. The third-order valence-corrected chi connectivity index (χ3v) is 13.1. The summed E-state index contributed by atoms with van der Waals surface area (Å²) in [6, 6.07) is 0. The summed E-state index contributed by atoms with van der Waals surface area (Å²) in [5, 5.41) is 2.82. The van der Waals surface area contributed by atoms with E-state index in [1.165, 1.54) is 128 Å². The Morgan fingerprint density at radius 1 is 0.611 bits per heavy atom. The molecule has 0 aromatic heterocycles. The fourth-order valence-electron chi connectivity index (χ4n) is 8.77. The van der Waals surface area contributed by atoms with Crippen LogP contribution in [-0.4, -0.2) is 106 Å². The van der Waals surface area contributed by atoms with Crippen molar-refractivity contribution in [1.29, 1.82) is 0 Å². The van der Waals surface area contributed by atoms with Crippen molar-refractivity contribution in [3.8, 4) is 0 Å². The lowest BCUT2D eigenvalue weighted by atomic mass is 9.98. The number of amides is 3. The van der Waals surface area contributed by atoms with Gasteiger partial charge < -0.3 is 50.2 Å². The minimum Gasteiger partial charge on any atom is -0.376 e. The number of primary amides is 2. The van der Waals surface area contributed by atoms with E-state index in [0.29, 0.717) is 19.3 Å². The minimum absolute atomic E-state index is 0.0104. The third kappa shape index (κ3) is 40.2. The van der Waals surface area contributed by atoms with E-state index < -0.39 is 29.9 Å². The number of ether oxygens (including phenoxy) is 5. The normalized spacial score (nSPS) is 17.1. The van der Waals surface area contributed by atoms with Crippen LogP contribution < -0.4 is 16.8 Å². The number of hydrogen-bond acceptors (Lipinski definition) is 10. The van der Waals surface area contributed by atoms with Crippen molar-refractivity contribution >= 4 is 24.0 Å². The van der Waals surface area contributed by atoms with Crippen LogP contribution >= 0.6 is 0 Å². The zero-order valence-electron chi connectivity index (χ0n) is 46.0. The zero-order valence-corrected chi connectivity index (χ0v) is 46.0. The van der Waals surface area contributed by atoms with Crippen LogP contribution in [0.5, 0.6) is 0 Å². The van der Waals surface area contributed by atoms with Gasteiger partial charge in [-0.1, -0.05) is 146 Å². The highest BCUT2D eigenvalue weighted by Crippen LogP contribution is 2.36. The molecule has 1 aliphatic heterocycles. The number of nitrogens with one attached hydrogen (secondary N) is 1. The van der Waals surface area contributed by atoms with Gasteiger partial charge >= 0.3 is 0 Å². The van der Waals surface area contributed by atoms with Gasteiger partial charge in [0.2, 0.25) is 17.7 Å². The van der Waals surface area contributed by atoms with Crippen LogP contribution in [0.2, 0.25) is 0 Å². The van der Waals surface area contributed by atoms with Crippen LogP contribution in [0.1, 0.15) is 226 Å². The molecule has 1 rings (SSSR count). The molecule has 1 fully saturated rings. The SMILES string of the molecule is CCCCCC=CCC=CCCCCCCCCC1(CCCCCCCCC=CCC=CCCCCC)OCC(CCN(C)CCCCCC(=O)NC(COCCC=O)(COCCC(N)=O)OCC(N)=O)O1. The van der Waals surface area contributed by atoms with Crippen LogP contribution in [0.3, 0.4) is 0 Å². The van der Waals surface area contributed by atoms with Gasteiger partial charge in [0, 0.05) is 38.6 Å². The van der Waals surface area contributed by atoms with Gasteiger partial charge in [-0.2, -0.15) is 0 Å². The van der Waals surface area contributed by atoms with Crippen LogP contribution in [0.15, 0.2) is 48.6 Å². The van der Waals surface area contributed by atoms with E-state index in [9.17, 15) is 19.2 Å². The lowest BCUT2D eigenvalue weighted by molar-refractivity contribution is -0.180. The second-order valence-corrected chi connectivity index (χ2v) is 20.1. The molecular weight excluding hydrogens is 909 g/mol. The highest BCUT2D eigenvalue weighted by molar-refractivity contribution is 5.77. The molecule has 0 aromatic rings. The minimum atomic E-state index is -1.54. The van der Waals surface area contributed by atoms with Crippen LogP contribution in [-0.2, 0) is 42.9 Å². The van der Waals surface area contributed by atoms with Crippen molar-refractivity contribution in [1.82, 2.24) is 10.2 Å². The Bertz CT molecular complexity index is 1410. The summed E-state index contributed by atoms with van der Waals surface area (Å²) in [6.07, 6.45) is 54.7. The standard InChI is InChI=1S/C59H106N4O9/c1-4-6-8-10-12-14-16-18-20-22-24-26-28-30-32-36-43-59(44-37-33-31-29-27-25-23-21-19-17-15-13-11-9-7-5-2)71-50-54(72-59)41-46-63(3)45-38-34-35-40-57(67)62-58(70-51-56(61)66,52-68-48-39-47-64)53-69-49-42-55(60)65/h12-15,18-21,47,54H,4-11,16-17,22-46,48-53H2,1-3H3,(H2,60,65)(H2,61,66)(H,62,67). The van der Waals surface area contributed by atoms with E-state index in [0.717, 1.165) is 70.9 Å². The number of carbonyl (C=O) groups excluding carboxylic acids is 4. The first-order valence-corrected chi connectivity index (χ1v) is 28.8. The van der Waals surface area contributed by atoms with Crippen molar-refractivity contribution < 1.29 is 42.9 Å². The Morgan fingerprint density at radius 2 is 1.11 bits per heavy atom. The summed E-state index contributed by atoms with van der Waals surface area (Å²) in [6.45, 7) is 6.14. The molecule has 0 spiro atoms. The molecule has 3 amide bonds. The summed E-state index contributed by atoms with van der Waals surface area (Å²) in [5.74, 6) is -2.05. The predicted octanol–water partition coefficient (Wildman–Crippen LogP) is 12.2. The number of unbranched alkanes of at least 4 members (excludes halogenated alkanes) is 20. The van der Waals surface area contributed by atoms with Crippen molar-refractivity contribution in [3.05, 3.63) is 48.6 Å². The second-order valence-electron chi connectivity index (χ2n) is 20.1. The van der Waals surface area contributed by atoms with E-state index in [4.69, 9.17) is 35.2 Å². The fraction of sp³-hybridized carbons (Fsp3) is 0.797. The molecule has 13 heteroatoms. The zero-order chi connectivity index (χ0) is 52.5. The third-order valence-electron chi connectivity index (χ3n) is 13.1. The second kappa shape index (κ2) is 47.5. The van der Waals surface area contributed by atoms with Gasteiger partial charge in [-0.05, 0) is 110 Å². The molecule has 0 bridgehead atoms. The molecular formula is C59H106N4O9. The van der Waals surface area contributed by atoms with E-state index >= 15 is 0 Å². The molecule has 0 aromatic carbocycles. The number of rotatable bonds is 53. The Balaban J connectivity index is 2.56. The number of nitrogens with two attached hydrogens (primary N) is 2. The van der Waals surface area contributed by atoms with Gasteiger partial charge in [-0.15, -0.1) is 0 Å². The first kappa shape index (κ1) is 66.8. The van der Waals surface area contributed by atoms with E-state index in [1.54, 1.807) is 0 Å². The first-order valence-electron chi connectivity index (χ1n) is 28.8. The largest absolute Gasteiger partial charge is 0.376 e. The van der Waals surface area contributed by atoms with Gasteiger partial charge in [0.05, 0.1) is 39.1 Å². The fourth-order valence-corrected chi connectivity index (χ4v) is 8.77. The maximum atomic E-state index is 13.2.